The van der Waals surface area contributed by atoms with Crippen molar-refractivity contribution >= 4 is 7.49 Å². The average Bonchev–Trinajstić information content (AvgIpc) is 2.11. The molecule has 76 valence electrons. The van der Waals surface area contributed by atoms with E-state index in [-0.39, 0.29) is 0 Å². The van der Waals surface area contributed by atoms with Crippen molar-refractivity contribution in [2.75, 3.05) is 26.1 Å². The molecule has 0 atom stereocenters. The number of rotatable bonds is 7. The van der Waals surface area contributed by atoms with Gasteiger partial charge in [-0.25, -0.2) is 0 Å². The van der Waals surface area contributed by atoms with E-state index in [9.17, 15) is 0 Å². The van der Waals surface area contributed by atoms with Gasteiger partial charge in [0.15, 0.2) is 0 Å². The van der Waals surface area contributed by atoms with Crippen LogP contribution in [-0.2, 0) is 4.52 Å². The number of hydrogen-bond donors (Lipinski definition) is 0. The Labute approximate surface area is 78.3 Å². The molecule has 0 unspecified atom stereocenters. The summed E-state index contributed by atoms with van der Waals surface area (Å²) >= 11 is 0. The summed E-state index contributed by atoms with van der Waals surface area (Å²) in [6, 6.07) is 0. The van der Waals surface area contributed by atoms with E-state index in [1.54, 1.807) is 0 Å². The Morgan fingerprint density at radius 3 is 1.67 bits per heavy atom. The van der Waals surface area contributed by atoms with Crippen molar-refractivity contribution in [3.8, 4) is 0 Å². The minimum absolute atomic E-state index is 1.27. The average molecular weight is 192 g/mol. The first-order valence-corrected chi connectivity index (χ1v) is 8.06. The molecule has 0 fully saturated rings. The van der Waals surface area contributed by atoms with Crippen LogP contribution in [0.15, 0.2) is 0 Å². The minimum atomic E-state index is -1.27. The van der Waals surface area contributed by atoms with E-state index in [0.717, 1.165) is 0 Å². The molecule has 0 aromatic heterocycles. The van der Waals surface area contributed by atoms with Gasteiger partial charge in [0.25, 0.3) is 0 Å². The van der Waals surface area contributed by atoms with Gasteiger partial charge in [-0.3, -0.25) is 0 Å². The first-order chi connectivity index (χ1) is 5.68. The molecule has 0 radical (unpaired) electrons. The molecule has 1 nitrogen and oxygen atoms in total. The second-order valence-electron chi connectivity index (χ2n) is 3.86. The van der Waals surface area contributed by atoms with Crippen molar-refractivity contribution in [2.45, 2.75) is 39.5 Å². The van der Waals surface area contributed by atoms with E-state index in [1.165, 1.54) is 38.0 Å². The van der Waals surface area contributed by atoms with Gasteiger partial charge in [0.2, 0.25) is 0 Å². The van der Waals surface area contributed by atoms with Crippen molar-refractivity contribution in [1.29, 1.82) is 0 Å². The molecule has 0 aliphatic rings. The summed E-state index contributed by atoms with van der Waals surface area (Å²) in [4.78, 5) is 0. The molecular weight excluding hydrogens is 167 g/mol. The van der Waals surface area contributed by atoms with Gasteiger partial charge >= 0.3 is 77.6 Å². The first-order valence-electron chi connectivity index (χ1n) is 5.23. The Bertz CT molecular complexity index is 96.0. The third-order valence-corrected chi connectivity index (χ3v) is 6.42. The molecule has 0 rings (SSSR count). The Morgan fingerprint density at radius 1 is 1.00 bits per heavy atom. The van der Waals surface area contributed by atoms with Crippen LogP contribution in [0.2, 0.25) is 0 Å². The second-order valence-corrected chi connectivity index (χ2v) is 8.17. The standard InChI is InChI=1S/C10H25OP/c1-5-7-9-12(4,11-3)10-8-6-2/h12H,5-10H2,1-4H3. The molecule has 0 aromatic rings. The van der Waals surface area contributed by atoms with Gasteiger partial charge in [0, 0.05) is 0 Å². The van der Waals surface area contributed by atoms with Crippen LogP contribution in [0, 0.1) is 0 Å². The van der Waals surface area contributed by atoms with Gasteiger partial charge in [-0.15, -0.1) is 0 Å². The van der Waals surface area contributed by atoms with E-state index in [1.807, 2.05) is 7.11 Å². The predicted molar refractivity (Wildman–Crippen MR) is 60.8 cm³/mol. The van der Waals surface area contributed by atoms with Crippen LogP contribution in [0.1, 0.15) is 39.5 Å². The van der Waals surface area contributed by atoms with Crippen molar-refractivity contribution in [2.24, 2.45) is 0 Å². The van der Waals surface area contributed by atoms with Gasteiger partial charge in [-0.2, -0.15) is 0 Å². The molecule has 12 heavy (non-hydrogen) atoms. The van der Waals surface area contributed by atoms with Crippen LogP contribution >= 0.6 is 7.49 Å². The summed E-state index contributed by atoms with van der Waals surface area (Å²) in [5, 5.41) is 0. The van der Waals surface area contributed by atoms with E-state index in [0.29, 0.717) is 0 Å². The molecule has 0 N–H and O–H groups in total. The Morgan fingerprint density at radius 2 is 1.42 bits per heavy atom. The molecule has 0 aromatic carbocycles. The molecule has 0 heterocycles. The fraction of sp³-hybridized carbons (Fsp3) is 1.00. The third-order valence-electron chi connectivity index (χ3n) is 2.61. The van der Waals surface area contributed by atoms with Crippen LogP contribution < -0.4 is 0 Å². The fourth-order valence-corrected chi connectivity index (χ4v) is 4.29. The van der Waals surface area contributed by atoms with E-state index < -0.39 is 7.49 Å². The number of unbranched alkanes of at least 4 members (excludes halogenated alkanes) is 2. The quantitative estimate of drug-likeness (QED) is 0.561. The van der Waals surface area contributed by atoms with Gasteiger partial charge in [0.1, 0.15) is 0 Å². The van der Waals surface area contributed by atoms with Crippen LogP contribution in [0.25, 0.3) is 0 Å². The molecule has 0 bridgehead atoms. The van der Waals surface area contributed by atoms with Gasteiger partial charge in [-0.1, -0.05) is 0 Å². The summed E-state index contributed by atoms with van der Waals surface area (Å²) in [5.41, 5.74) is 0. The Hall–Kier alpha value is 0.390. The normalized spacial score (nSPS) is 13.3. The fourth-order valence-electron chi connectivity index (χ4n) is 1.43. The molecule has 0 spiro atoms. The van der Waals surface area contributed by atoms with Crippen molar-refractivity contribution in [3.63, 3.8) is 0 Å². The maximum absolute atomic E-state index is 5.68. The summed E-state index contributed by atoms with van der Waals surface area (Å²) in [5.74, 6) is 0. The van der Waals surface area contributed by atoms with Crippen molar-refractivity contribution < 1.29 is 4.52 Å². The maximum atomic E-state index is 5.68. The molecule has 0 amide bonds. The summed E-state index contributed by atoms with van der Waals surface area (Å²) in [6.45, 7) is 6.88. The molecule has 0 aliphatic carbocycles. The molecule has 0 saturated carbocycles. The zero-order valence-corrected chi connectivity index (χ0v) is 10.2. The van der Waals surface area contributed by atoms with Gasteiger partial charge in [-0.05, 0) is 0 Å². The zero-order chi connectivity index (χ0) is 9.45. The topological polar surface area (TPSA) is 9.23 Å². The van der Waals surface area contributed by atoms with E-state index in [2.05, 4.69) is 20.5 Å². The zero-order valence-electron chi connectivity index (χ0n) is 9.15. The summed E-state index contributed by atoms with van der Waals surface area (Å²) in [6.07, 6.45) is 8.00. The van der Waals surface area contributed by atoms with Crippen LogP contribution in [0.4, 0.5) is 0 Å². The summed E-state index contributed by atoms with van der Waals surface area (Å²) in [7, 11) is 0.635. The van der Waals surface area contributed by atoms with Crippen molar-refractivity contribution in [1.82, 2.24) is 0 Å². The van der Waals surface area contributed by atoms with E-state index in [4.69, 9.17) is 4.52 Å². The number of hydrogen-bond acceptors (Lipinski definition) is 1. The SMILES string of the molecule is CCCC[PH](C)(CCCC)OC. The van der Waals surface area contributed by atoms with Crippen LogP contribution in [-0.4, -0.2) is 26.1 Å². The van der Waals surface area contributed by atoms with Crippen LogP contribution in [0.5, 0.6) is 0 Å². The molecule has 2 heteroatoms. The second kappa shape index (κ2) is 6.86. The van der Waals surface area contributed by atoms with E-state index >= 15 is 0 Å². The predicted octanol–water partition coefficient (Wildman–Crippen LogP) is 3.53. The third kappa shape index (κ3) is 5.11. The first kappa shape index (κ1) is 12.4. The molecule has 0 aliphatic heterocycles. The Balaban J connectivity index is 3.70. The Kier molecular flexibility index (Phi) is 7.08. The molecular formula is C10H25OP. The monoisotopic (exact) mass is 192 g/mol. The van der Waals surface area contributed by atoms with Gasteiger partial charge < -0.3 is 0 Å². The summed E-state index contributed by atoms with van der Waals surface area (Å²) < 4.78 is 5.68. The van der Waals surface area contributed by atoms with Gasteiger partial charge in [0.05, 0.1) is 0 Å². The van der Waals surface area contributed by atoms with Crippen molar-refractivity contribution in [3.05, 3.63) is 0 Å². The molecule has 0 saturated heterocycles. The van der Waals surface area contributed by atoms with Crippen LogP contribution in [0.3, 0.4) is 0 Å².